The molecule has 0 bridgehead atoms. The van der Waals surface area contributed by atoms with Crippen LogP contribution >= 0.6 is 34.0 Å². The number of nitrogens with two attached hydrogens (primary N) is 1. The third kappa shape index (κ3) is 15.2. The minimum Gasteiger partial charge on any atom is -0.477 e. The van der Waals surface area contributed by atoms with Crippen molar-refractivity contribution in [3.05, 3.63) is 84.3 Å². The first-order valence-electron chi connectivity index (χ1n) is 22.4. The van der Waals surface area contributed by atoms with E-state index in [2.05, 4.69) is 25.4 Å². The largest absolute Gasteiger partial charge is 0.477 e. The number of fused-ring (bicyclic) bond motifs is 3. The highest BCUT2D eigenvalue weighted by Crippen LogP contribution is 2.34. The molecule has 0 atom stereocenters. The molecular weight excluding hydrogens is 1020 g/mol. The number of anilines is 3. The van der Waals surface area contributed by atoms with Crippen LogP contribution in [-0.4, -0.2) is 137 Å². The van der Waals surface area contributed by atoms with E-state index in [1.165, 1.54) is 76.2 Å². The van der Waals surface area contributed by atoms with Gasteiger partial charge in [0.25, 0.3) is 0 Å². The Morgan fingerprint density at radius 1 is 0.589 bits per heavy atom. The number of nitrogens with one attached hydrogen (secondary N) is 3. The number of urea groups is 2. The van der Waals surface area contributed by atoms with E-state index in [1.807, 2.05) is 0 Å². The molecule has 0 spiro atoms. The molecule has 3 aliphatic heterocycles. The summed E-state index contributed by atoms with van der Waals surface area (Å²) in [6, 6.07) is 9.09. The number of rotatable bonds is 8. The van der Waals surface area contributed by atoms with Gasteiger partial charge in [0, 0.05) is 106 Å². The van der Waals surface area contributed by atoms with Gasteiger partial charge in [0.15, 0.2) is 16.7 Å². The fourth-order valence-electron chi connectivity index (χ4n) is 6.97. The fourth-order valence-corrected chi connectivity index (χ4v) is 9.83. The predicted octanol–water partition coefficient (Wildman–Crippen LogP) is 5.27. The summed E-state index contributed by atoms with van der Waals surface area (Å²) in [4.78, 5) is 96.3. The molecule has 3 aliphatic rings. The summed E-state index contributed by atoms with van der Waals surface area (Å²) in [5, 5.41) is 19.8. The zero-order chi connectivity index (χ0) is 52.1. The van der Waals surface area contributed by atoms with Crippen molar-refractivity contribution in [3.8, 4) is 0 Å². The molecule has 27 heteroatoms. The first kappa shape index (κ1) is 57.3. The van der Waals surface area contributed by atoms with Gasteiger partial charge in [0.05, 0.1) is 33.3 Å². The van der Waals surface area contributed by atoms with Crippen LogP contribution in [-0.2, 0) is 23.7 Å². The van der Waals surface area contributed by atoms with E-state index in [0.717, 1.165) is 61.4 Å². The molecule has 3 fully saturated rings. The summed E-state index contributed by atoms with van der Waals surface area (Å²) in [5.41, 5.74) is 3.57. The number of thiophene rings is 3. The van der Waals surface area contributed by atoms with E-state index >= 15 is 0 Å². The fraction of sp³-hybridized carbons (Fsp3) is 0.435. The quantitative estimate of drug-likeness (QED) is 0.0957. The number of carbonyl (C=O) groups excluding carboxylic acids is 4. The van der Waals surface area contributed by atoms with E-state index in [-0.39, 0.29) is 49.3 Å². The van der Waals surface area contributed by atoms with E-state index < -0.39 is 40.3 Å². The molecule has 0 aliphatic carbocycles. The van der Waals surface area contributed by atoms with Crippen LogP contribution in [0.4, 0.5) is 24.6 Å². The van der Waals surface area contributed by atoms with Crippen molar-refractivity contribution in [3.63, 3.8) is 0 Å². The monoisotopic (exact) mass is 1070 g/mol. The Kier molecular flexibility index (Phi) is 21.1. The molecule has 3 radical (unpaired) electrons. The van der Waals surface area contributed by atoms with Gasteiger partial charge in [0.1, 0.15) is 26.7 Å². The Morgan fingerprint density at radius 2 is 0.945 bits per heavy atom. The first-order valence-corrected chi connectivity index (χ1v) is 24.8. The third-order valence-electron chi connectivity index (χ3n) is 11.2. The van der Waals surface area contributed by atoms with Crippen LogP contribution in [0.2, 0.25) is 0 Å². The van der Waals surface area contributed by atoms with Gasteiger partial charge in [-0.05, 0) is 56.7 Å². The Bertz CT molecular complexity index is 3060. The first-order chi connectivity index (χ1) is 34.5. The lowest BCUT2D eigenvalue weighted by Crippen LogP contribution is -2.45. The Morgan fingerprint density at radius 3 is 1.30 bits per heavy atom. The van der Waals surface area contributed by atoms with Gasteiger partial charge in [-0.3, -0.25) is 9.80 Å². The number of amides is 4. The molecule has 73 heavy (non-hydrogen) atoms. The van der Waals surface area contributed by atoms with E-state index in [0.29, 0.717) is 63.0 Å². The molecule has 9 rings (SSSR count). The van der Waals surface area contributed by atoms with Gasteiger partial charge < -0.3 is 63.7 Å². The number of methoxy groups -OCH3 is 2. The molecule has 6 N–H and O–H groups in total. The molecule has 3 saturated heterocycles. The van der Waals surface area contributed by atoms with Crippen LogP contribution < -0.4 is 48.4 Å². The number of esters is 2. The Balaban J connectivity index is 0.000000192. The Hall–Kier alpha value is -6.62. The molecule has 6 aromatic heterocycles. The second-order valence-electron chi connectivity index (χ2n) is 16.1. The maximum atomic E-state index is 12.4. The lowest BCUT2D eigenvalue weighted by Gasteiger charge is -2.25. The number of carbonyl (C=O) groups is 5. The summed E-state index contributed by atoms with van der Waals surface area (Å²) in [5.74, 6) is -2.78. The Labute approximate surface area is 430 Å². The maximum Gasteiger partial charge on any atom is 0.351 e. The predicted molar refractivity (Wildman–Crippen MR) is 276 cm³/mol. The highest BCUT2D eigenvalue weighted by atomic mass is 32.1. The van der Waals surface area contributed by atoms with Crippen LogP contribution in [0.15, 0.2) is 64.0 Å². The van der Waals surface area contributed by atoms with Gasteiger partial charge in [-0.25, -0.2) is 38.4 Å². The minimum absolute atomic E-state index is 0. The molecule has 4 amide bonds. The van der Waals surface area contributed by atoms with Gasteiger partial charge >= 0.3 is 46.8 Å². The zero-order valence-corrected chi connectivity index (χ0v) is 42.9. The van der Waals surface area contributed by atoms with Crippen molar-refractivity contribution in [2.24, 2.45) is 5.73 Å². The molecular formula is C46H54BN6O17S3. The van der Waals surface area contributed by atoms with E-state index in [9.17, 15) is 38.4 Å². The molecule has 0 saturated carbocycles. The van der Waals surface area contributed by atoms with Crippen molar-refractivity contribution in [1.29, 1.82) is 0 Å². The number of nitrogens with zero attached hydrogens (tertiary/aromatic N) is 2. The van der Waals surface area contributed by atoms with Gasteiger partial charge in [-0.15, -0.1) is 34.0 Å². The normalized spacial score (nSPS) is 14.9. The summed E-state index contributed by atoms with van der Waals surface area (Å²) in [6.07, 6.45) is 5.18. The summed E-state index contributed by atoms with van der Waals surface area (Å²) >= 11 is 3.82. The zero-order valence-electron chi connectivity index (χ0n) is 40.4. The molecule has 0 aromatic carbocycles. The van der Waals surface area contributed by atoms with Crippen molar-refractivity contribution >= 4 is 118 Å². The number of hydrogen-bond acceptors (Lipinski definition) is 21. The number of aromatic carboxylic acids is 1. The maximum absolute atomic E-state index is 12.4. The molecule has 0 unspecified atom stereocenters. The smallest absolute Gasteiger partial charge is 0.351 e. The van der Waals surface area contributed by atoms with Crippen molar-refractivity contribution < 1.29 is 66.0 Å². The lowest BCUT2D eigenvalue weighted by atomic mass is 10.1. The summed E-state index contributed by atoms with van der Waals surface area (Å²) in [6.45, 7) is 4.25. The third-order valence-corrected chi connectivity index (χ3v) is 14.5. The summed E-state index contributed by atoms with van der Waals surface area (Å²) in [7, 11) is 7.43. The van der Waals surface area contributed by atoms with Gasteiger partial charge in [-0.2, -0.15) is 0 Å². The van der Waals surface area contributed by atoms with Crippen molar-refractivity contribution in [2.45, 2.75) is 56.7 Å². The van der Waals surface area contributed by atoms with Crippen LogP contribution in [0.3, 0.4) is 0 Å². The highest BCUT2D eigenvalue weighted by Gasteiger charge is 2.24. The minimum atomic E-state index is -1.34. The highest BCUT2D eigenvalue weighted by molar-refractivity contribution is 7.23. The lowest BCUT2D eigenvalue weighted by molar-refractivity contribution is 0.0587. The topological polar surface area (TPSA) is 311 Å². The average Bonchev–Trinajstić information content (AvgIpc) is 4.12. The molecule has 6 aromatic rings. The standard InChI is InChI=1S/C16H18N2O6S.C15H16N2O6S.C10H9NO4S.C5H11NO.B/c1-18(16(21)17-9-3-5-23-6-4-9)13-8-11-12(25-13)7-10(14(19)22-2)15(20)24-11;1-17(15(21)16-8-2-4-22-5-3-8)12-7-10-11(24-12)6-9(13(18)19)14(20)23-10;1-11-8-4-6-7(16-8)3-5(9(12)14-2)10(13)15-6;6-5-1-3-7-4-2-5;/h7-9H,3-6H2,1-2H3,(H,17,21);6-8H,2-5H2,1H3,(H,16,21)(H,18,19);3-4,11H,1-2H3;5H,1-4,6H2;. The van der Waals surface area contributed by atoms with Gasteiger partial charge in [-0.1, -0.05) is 0 Å². The second-order valence-corrected chi connectivity index (χ2v) is 19.3. The number of carboxylic acid groups (broad SMARTS) is 1. The van der Waals surface area contributed by atoms with Crippen LogP contribution in [0.5, 0.6) is 0 Å². The van der Waals surface area contributed by atoms with Crippen molar-refractivity contribution in [1.82, 2.24) is 10.6 Å². The molecule has 9 heterocycles. The average molecular weight is 1070 g/mol. The van der Waals surface area contributed by atoms with E-state index in [1.54, 1.807) is 39.3 Å². The summed E-state index contributed by atoms with van der Waals surface area (Å²) < 4.78 is 41.6. The van der Waals surface area contributed by atoms with Crippen LogP contribution in [0, 0.1) is 0 Å². The number of carboxylic acids is 1. The van der Waals surface area contributed by atoms with E-state index in [4.69, 9.17) is 38.3 Å². The molecule has 23 nitrogen and oxygen atoms in total. The van der Waals surface area contributed by atoms with Crippen LogP contribution in [0.25, 0.3) is 30.8 Å². The number of hydrogen-bond donors (Lipinski definition) is 5. The SMILES string of the molecule is CN(C(=O)NC1CCOCC1)c1cc2oc(=O)c(C(=O)O)cc2s1.CNc1cc2oc(=O)c(C(=O)OC)cc2s1.COC(=O)c1cc2sc(N(C)C(=O)NC3CCOCC3)cc2oc1=O.NC1CCOCC1.[B]. The van der Waals surface area contributed by atoms with Crippen LogP contribution in [0.1, 0.15) is 69.6 Å². The molecule has 391 valence electrons. The van der Waals surface area contributed by atoms with Crippen molar-refractivity contribution in [2.75, 3.05) is 90.1 Å². The van der Waals surface area contributed by atoms with Gasteiger partial charge in [0.2, 0.25) is 0 Å². The second kappa shape index (κ2) is 26.9. The number of ether oxygens (including phenoxy) is 5.